The van der Waals surface area contributed by atoms with Gasteiger partial charge in [-0.2, -0.15) is 0 Å². The first-order chi connectivity index (χ1) is 20.2. The minimum absolute atomic E-state index is 0.128. The van der Waals surface area contributed by atoms with Crippen molar-refractivity contribution in [2.24, 2.45) is 23.7 Å². The van der Waals surface area contributed by atoms with Crippen molar-refractivity contribution in [2.45, 2.75) is 24.2 Å². The van der Waals surface area contributed by atoms with Crippen molar-refractivity contribution in [1.82, 2.24) is 4.90 Å². The van der Waals surface area contributed by atoms with E-state index >= 15 is 4.39 Å². The Labute approximate surface area is 246 Å². The van der Waals surface area contributed by atoms with Gasteiger partial charge in [-0.3, -0.25) is 24.1 Å². The van der Waals surface area contributed by atoms with Crippen LogP contribution in [0, 0.1) is 29.5 Å². The van der Waals surface area contributed by atoms with Crippen molar-refractivity contribution < 1.29 is 28.7 Å². The van der Waals surface area contributed by atoms with E-state index in [1.807, 2.05) is 6.08 Å². The molecule has 3 aromatic rings. The second-order valence-corrected chi connectivity index (χ2v) is 11.9. The summed E-state index contributed by atoms with van der Waals surface area (Å²) in [6, 6.07) is 19.5. The van der Waals surface area contributed by atoms with Gasteiger partial charge in [0.25, 0.3) is 0 Å². The van der Waals surface area contributed by atoms with Crippen molar-refractivity contribution >= 4 is 40.9 Å². The number of hydrogen-bond donors (Lipinski definition) is 1. The number of carbonyl (C=O) groups excluding carboxylic acids is 4. The standard InChI is InChI=1S/C33H26ClFN2O5/c1-36-29(39)21-14-13-20-23(26(21)31(36)41)16-24-30(40)37(19-10-5-9-18(34)15-19)32(42)33(24,17-7-3-2-4-8-17)27(20)22-11-6-12-25(35)28(22)38/h2-13,15,21,23-24,26-27,38H,14,16H2,1H3. The highest BCUT2D eigenvalue weighted by atomic mass is 35.5. The normalized spacial score (nSPS) is 30.3. The highest BCUT2D eigenvalue weighted by Crippen LogP contribution is 2.65. The number of likely N-dealkylation sites (tertiary alicyclic amines) is 1. The summed E-state index contributed by atoms with van der Waals surface area (Å²) in [7, 11) is 1.46. The number of hydrogen-bond acceptors (Lipinski definition) is 5. The summed E-state index contributed by atoms with van der Waals surface area (Å²) in [6.45, 7) is 0. The number of phenolic OH excluding ortho intramolecular Hbond substituents is 1. The Kier molecular flexibility index (Phi) is 5.92. The van der Waals surface area contributed by atoms with E-state index in [2.05, 4.69) is 0 Å². The number of rotatable bonds is 3. The SMILES string of the molecule is CN1C(=O)C2CC=C3C(CC4C(=O)N(c5cccc(Cl)c5)C(=O)C4(c4ccccc4)C3c3cccc(F)c3O)C2C1=O. The zero-order valence-electron chi connectivity index (χ0n) is 22.5. The molecule has 0 spiro atoms. The molecule has 9 heteroatoms. The van der Waals surface area contributed by atoms with Crippen molar-refractivity contribution in [3.8, 4) is 5.75 Å². The third-order valence-electron chi connectivity index (χ3n) is 9.72. The van der Waals surface area contributed by atoms with Crippen molar-refractivity contribution in [1.29, 1.82) is 0 Å². The van der Waals surface area contributed by atoms with Crippen LogP contribution in [-0.2, 0) is 24.6 Å². The Morgan fingerprint density at radius 1 is 0.905 bits per heavy atom. The maximum absolute atomic E-state index is 15.0. The van der Waals surface area contributed by atoms with E-state index in [1.54, 1.807) is 60.7 Å². The molecule has 0 bridgehead atoms. The molecule has 7 rings (SSSR count). The highest BCUT2D eigenvalue weighted by molar-refractivity contribution is 6.32. The third kappa shape index (κ3) is 3.38. The highest BCUT2D eigenvalue weighted by Gasteiger charge is 2.70. The largest absolute Gasteiger partial charge is 0.505 e. The molecule has 6 atom stereocenters. The monoisotopic (exact) mass is 584 g/mol. The van der Waals surface area contributed by atoms with Crippen LogP contribution in [0.25, 0.3) is 0 Å². The number of phenols is 1. The van der Waals surface area contributed by atoms with E-state index in [9.17, 15) is 24.3 Å². The summed E-state index contributed by atoms with van der Waals surface area (Å²) in [5.41, 5.74) is 0.0731. The first-order valence-electron chi connectivity index (χ1n) is 13.9. The van der Waals surface area contributed by atoms with E-state index in [4.69, 9.17) is 11.6 Å². The van der Waals surface area contributed by atoms with Crippen LogP contribution in [-0.4, -0.2) is 40.7 Å². The fourth-order valence-electron chi connectivity index (χ4n) is 8.01. The van der Waals surface area contributed by atoms with Crippen LogP contribution in [0.4, 0.5) is 10.1 Å². The first kappa shape index (κ1) is 26.6. The Hall–Kier alpha value is -4.30. The smallest absolute Gasteiger partial charge is 0.246 e. The number of aromatic hydroxyl groups is 1. The number of carbonyl (C=O) groups is 4. The van der Waals surface area contributed by atoms with Crippen molar-refractivity contribution in [3.63, 3.8) is 0 Å². The van der Waals surface area contributed by atoms with E-state index in [0.29, 0.717) is 21.8 Å². The van der Waals surface area contributed by atoms with Gasteiger partial charge in [0.15, 0.2) is 11.6 Å². The lowest BCUT2D eigenvalue weighted by molar-refractivity contribution is -0.138. The van der Waals surface area contributed by atoms with E-state index < -0.39 is 58.4 Å². The lowest BCUT2D eigenvalue weighted by Gasteiger charge is -2.50. The topological polar surface area (TPSA) is 95.0 Å². The molecule has 212 valence electrons. The molecular formula is C33H26ClFN2O5. The zero-order chi connectivity index (χ0) is 29.5. The molecule has 2 aliphatic heterocycles. The summed E-state index contributed by atoms with van der Waals surface area (Å²) < 4.78 is 15.0. The summed E-state index contributed by atoms with van der Waals surface area (Å²) >= 11 is 6.28. The van der Waals surface area contributed by atoms with E-state index in [0.717, 1.165) is 15.9 Å². The predicted octanol–water partition coefficient (Wildman–Crippen LogP) is 4.98. The number of benzene rings is 3. The molecule has 2 saturated heterocycles. The Morgan fingerprint density at radius 2 is 1.64 bits per heavy atom. The molecule has 3 fully saturated rings. The maximum Gasteiger partial charge on any atom is 0.246 e. The second kappa shape index (κ2) is 9.36. The first-order valence-corrected chi connectivity index (χ1v) is 14.2. The molecule has 3 aromatic carbocycles. The van der Waals surface area contributed by atoms with Crippen LogP contribution in [0.2, 0.25) is 5.02 Å². The van der Waals surface area contributed by atoms with Gasteiger partial charge in [0.1, 0.15) is 0 Å². The molecule has 1 saturated carbocycles. The summed E-state index contributed by atoms with van der Waals surface area (Å²) in [6.07, 6.45) is 2.25. The van der Waals surface area contributed by atoms with Crippen LogP contribution in [0.15, 0.2) is 84.4 Å². The maximum atomic E-state index is 15.0. The zero-order valence-corrected chi connectivity index (χ0v) is 23.3. The van der Waals surface area contributed by atoms with Gasteiger partial charge in [-0.05, 0) is 48.6 Å². The van der Waals surface area contributed by atoms with Crippen molar-refractivity contribution in [2.75, 3.05) is 11.9 Å². The van der Waals surface area contributed by atoms with Gasteiger partial charge in [-0.15, -0.1) is 0 Å². The number of fused-ring (bicyclic) bond motifs is 4. The predicted molar refractivity (Wildman–Crippen MR) is 152 cm³/mol. The third-order valence-corrected chi connectivity index (χ3v) is 9.95. The van der Waals surface area contributed by atoms with Gasteiger partial charge in [0.05, 0.1) is 28.9 Å². The van der Waals surface area contributed by atoms with Crippen LogP contribution in [0.3, 0.4) is 0 Å². The van der Waals surface area contributed by atoms with E-state index in [1.165, 1.54) is 13.1 Å². The minimum Gasteiger partial charge on any atom is -0.505 e. The lowest BCUT2D eigenvalue weighted by atomic mass is 9.49. The van der Waals surface area contributed by atoms with Crippen LogP contribution in [0.5, 0.6) is 5.75 Å². The second-order valence-electron chi connectivity index (χ2n) is 11.5. The molecule has 7 nitrogen and oxygen atoms in total. The Bertz CT molecular complexity index is 1720. The molecule has 0 aromatic heterocycles. The molecule has 0 radical (unpaired) electrons. The van der Waals surface area contributed by atoms with Crippen molar-refractivity contribution in [3.05, 3.63) is 106 Å². The fourth-order valence-corrected chi connectivity index (χ4v) is 8.20. The minimum atomic E-state index is -1.57. The average molecular weight is 585 g/mol. The Morgan fingerprint density at radius 3 is 2.38 bits per heavy atom. The van der Waals surface area contributed by atoms with E-state index in [-0.39, 0.29) is 30.2 Å². The molecule has 42 heavy (non-hydrogen) atoms. The summed E-state index contributed by atoms with van der Waals surface area (Å²) in [4.78, 5) is 58.2. The molecule has 4 amide bonds. The molecule has 1 N–H and O–H groups in total. The van der Waals surface area contributed by atoms with Gasteiger partial charge < -0.3 is 5.11 Å². The average Bonchev–Trinajstić information content (AvgIpc) is 3.35. The quantitative estimate of drug-likeness (QED) is 0.346. The molecule has 2 heterocycles. The van der Waals surface area contributed by atoms with Crippen LogP contribution in [0.1, 0.15) is 29.9 Å². The Balaban J connectivity index is 1.54. The molecular weight excluding hydrogens is 559 g/mol. The molecule has 6 unspecified atom stereocenters. The summed E-state index contributed by atoms with van der Waals surface area (Å²) in [5, 5.41) is 11.5. The van der Waals surface area contributed by atoms with Crippen LogP contribution >= 0.6 is 11.6 Å². The number of allylic oxidation sites excluding steroid dienone is 2. The van der Waals surface area contributed by atoms with Gasteiger partial charge in [-0.1, -0.05) is 71.8 Å². The van der Waals surface area contributed by atoms with Gasteiger partial charge in [-0.25, -0.2) is 9.29 Å². The number of nitrogens with zero attached hydrogens (tertiary/aromatic N) is 2. The summed E-state index contributed by atoms with van der Waals surface area (Å²) in [5.74, 6) is -6.94. The van der Waals surface area contributed by atoms with Gasteiger partial charge in [0, 0.05) is 23.6 Å². The van der Waals surface area contributed by atoms with Gasteiger partial charge in [0.2, 0.25) is 23.6 Å². The van der Waals surface area contributed by atoms with Gasteiger partial charge >= 0.3 is 0 Å². The number of amides is 4. The molecule has 2 aliphatic carbocycles. The van der Waals surface area contributed by atoms with Crippen LogP contribution < -0.4 is 4.90 Å². The number of anilines is 1. The number of halogens is 2. The number of imide groups is 2. The number of para-hydroxylation sites is 1. The fraction of sp³-hybridized carbons (Fsp3) is 0.273. The molecule has 4 aliphatic rings. The lowest BCUT2D eigenvalue weighted by Crippen LogP contribution is -2.53.